The molecule has 0 aromatic rings. The van der Waals surface area contributed by atoms with Crippen LogP contribution in [-0.2, 0) is 0 Å². The second kappa shape index (κ2) is 4.69. The van der Waals surface area contributed by atoms with Crippen molar-refractivity contribution in [3.05, 3.63) is 0 Å². The van der Waals surface area contributed by atoms with Crippen LogP contribution in [0.15, 0.2) is 0 Å². The first kappa shape index (κ1) is 9.11. The second-order valence-electron chi connectivity index (χ2n) is 2.96. The Bertz CT molecular complexity index is 118. The minimum absolute atomic E-state index is 0.732. The fourth-order valence-electron chi connectivity index (χ4n) is 1.18. The van der Waals surface area contributed by atoms with Crippen LogP contribution in [0.5, 0.6) is 0 Å². The van der Waals surface area contributed by atoms with Gasteiger partial charge in [0.1, 0.15) is 0 Å². The van der Waals surface area contributed by atoms with Crippen LogP contribution >= 0.6 is 21.6 Å². The zero-order chi connectivity index (χ0) is 8.23. The van der Waals surface area contributed by atoms with Gasteiger partial charge in [0.2, 0.25) is 0 Å². The van der Waals surface area contributed by atoms with Gasteiger partial charge in [-0.05, 0) is 0 Å². The van der Waals surface area contributed by atoms with Crippen LogP contribution in [0.4, 0.5) is 0 Å². The smallest absolute Gasteiger partial charge is 0.0428 e. The van der Waals surface area contributed by atoms with E-state index in [4.69, 9.17) is 0 Å². The Hall–Kier alpha value is 0.540. The molecule has 6 heteroatoms. The van der Waals surface area contributed by atoms with Gasteiger partial charge in [0.05, 0.1) is 0 Å². The first-order valence-corrected chi connectivity index (χ1v) is 6.46. The molecule has 12 heavy (non-hydrogen) atoms. The number of hydrogen-bond donors (Lipinski definition) is 4. The molecular weight excluding hydrogens is 192 g/mol. The molecule has 2 heterocycles. The Morgan fingerprint density at radius 2 is 1.00 bits per heavy atom. The van der Waals surface area contributed by atoms with Crippen molar-refractivity contribution in [1.29, 1.82) is 0 Å². The summed E-state index contributed by atoms with van der Waals surface area (Å²) in [5, 5.41) is 1.46. The maximum atomic E-state index is 3.13. The van der Waals surface area contributed by atoms with Crippen molar-refractivity contribution in [1.82, 2.24) is 21.7 Å². The lowest BCUT2D eigenvalue weighted by Gasteiger charge is -2.09. The molecule has 4 nitrogen and oxygen atoms in total. The number of rotatable bonds is 3. The summed E-state index contributed by atoms with van der Waals surface area (Å²) in [6.45, 7) is 4.35. The molecule has 0 radical (unpaired) electrons. The van der Waals surface area contributed by atoms with E-state index in [-0.39, 0.29) is 0 Å². The van der Waals surface area contributed by atoms with Crippen molar-refractivity contribution in [2.75, 3.05) is 26.2 Å². The SMILES string of the molecule is C1NNCC1SSC1CNNC1. The van der Waals surface area contributed by atoms with Crippen LogP contribution in [0.3, 0.4) is 0 Å². The zero-order valence-electron chi connectivity index (χ0n) is 6.80. The monoisotopic (exact) mass is 206 g/mol. The lowest BCUT2D eigenvalue weighted by molar-refractivity contribution is 0.689. The molecule has 4 N–H and O–H groups in total. The second-order valence-corrected chi connectivity index (χ2v) is 5.83. The molecule has 2 fully saturated rings. The van der Waals surface area contributed by atoms with Gasteiger partial charge in [-0.25, -0.2) is 0 Å². The Morgan fingerprint density at radius 1 is 0.667 bits per heavy atom. The molecule has 2 rings (SSSR count). The van der Waals surface area contributed by atoms with Gasteiger partial charge >= 0.3 is 0 Å². The van der Waals surface area contributed by atoms with E-state index in [0.717, 1.165) is 36.7 Å². The quantitative estimate of drug-likeness (QED) is 0.459. The molecule has 0 spiro atoms. The summed E-state index contributed by atoms with van der Waals surface area (Å²) in [4.78, 5) is 0. The minimum atomic E-state index is 0.732. The molecule has 0 amide bonds. The Morgan fingerprint density at radius 3 is 1.33 bits per heavy atom. The topological polar surface area (TPSA) is 48.1 Å². The molecule has 0 atom stereocenters. The van der Waals surface area contributed by atoms with Gasteiger partial charge in [-0.3, -0.25) is 21.7 Å². The maximum Gasteiger partial charge on any atom is 0.0428 e. The van der Waals surface area contributed by atoms with Crippen LogP contribution in [0.25, 0.3) is 0 Å². The lowest BCUT2D eigenvalue weighted by Crippen LogP contribution is -2.21. The van der Waals surface area contributed by atoms with Gasteiger partial charge in [0.15, 0.2) is 0 Å². The third-order valence-electron chi connectivity index (χ3n) is 1.90. The first-order valence-electron chi connectivity index (χ1n) is 4.19. The van der Waals surface area contributed by atoms with Gasteiger partial charge < -0.3 is 0 Å². The van der Waals surface area contributed by atoms with E-state index >= 15 is 0 Å². The predicted octanol–water partition coefficient (Wildman–Crippen LogP) is -0.679. The summed E-state index contributed by atoms with van der Waals surface area (Å²) in [6, 6.07) is 0. The fourth-order valence-corrected chi connectivity index (χ4v) is 3.86. The zero-order valence-corrected chi connectivity index (χ0v) is 8.43. The van der Waals surface area contributed by atoms with Crippen molar-refractivity contribution in [2.45, 2.75) is 10.5 Å². The van der Waals surface area contributed by atoms with E-state index in [1.807, 2.05) is 21.6 Å². The van der Waals surface area contributed by atoms with Crippen LogP contribution in [0.1, 0.15) is 0 Å². The Kier molecular flexibility index (Phi) is 3.56. The maximum absolute atomic E-state index is 3.13. The molecule has 0 aromatic carbocycles. The highest BCUT2D eigenvalue weighted by Gasteiger charge is 2.20. The van der Waals surface area contributed by atoms with Crippen molar-refractivity contribution in [3.8, 4) is 0 Å². The predicted molar refractivity (Wildman–Crippen MR) is 54.8 cm³/mol. The highest BCUT2D eigenvalue weighted by molar-refractivity contribution is 8.77. The standard InChI is InChI=1S/C6H14N4S2/c1-5(2-8-7-1)11-12-6-3-9-10-4-6/h5-10H,1-4H2. The summed E-state index contributed by atoms with van der Waals surface area (Å²) < 4.78 is 0. The highest BCUT2D eigenvalue weighted by atomic mass is 33.1. The van der Waals surface area contributed by atoms with Crippen LogP contribution in [0, 0.1) is 0 Å². The van der Waals surface area contributed by atoms with Gasteiger partial charge in [0.25, 0.3) is 0 Å². The van der Waals surface area contributed by atoms with E-state index in [0.29, 0.717) is 0 Å². The van der Waals surface area contributed by atoms with E-state index < -0.39 is 0 Å². The van der Waals surface area contributed by atoms with E-state index in [1.165, 1.54) is 0 Å². The lowest BCUT2D eigenvalue weighted by atomic mass is 10.5. The first-order chi connectivity index (χ1) is 5.95. The summed E-state index contributed by atoms with van der Waals surface area (Å²) in [5.41, 5.74) is 12.5. The van der Waals surface area contributed by atoms with E-state index in [1.54, 1.807) is 0 Å². The molecule has 2 aliphatic heterocycles. The average molecular weight is 206 g/mol. The van der Waals surface area contributed by atoms with Gasteiger partial charge in [-0.1, -0.05) is 21.6 Å². The highest BCUT2D eigenvalue weighted by Crippen LogP contribution is 2.31. The Labute approximate surface area is 80.3 Å². The van der Waals surface area contributed by atoms with E-state index in [9.17, 15) is 0 Å². The third kappa shape index (κ3) is 2.51. The molecule has 0 bridgehead atoms. The summed E-state index contributed by atoms with van der Waals surface area (Å²) in [7, 11) is 3.99. The average Bonchev–Trinajstić information content (AvgIpc) is 2.74. The summed E-state index contributed by atoms with van der Waals surface area (Å²) in [6.07, 6.45) is 0. The normalized spacial score (nSPS) is 27.0. The molecule has 0 unspecified atom stereocenters. The summed E-state index contributed by atoms with van der Waals surface area (Å²) >= 11 is 0. The van der Waals surface area contributed by atoms with Crippen LogP contribution < -0.4 is 21.7 Å². The molecule has 70 valence electrons. The number of hydrazine groups is 2. The van der Waals surface area contributed by atoms with Gasteiger partial charge in [-0.15, -0.1) is 0 Å². The van der Waals surface area contributed by atoms with Crippen LogP contribution in [0.2, 0.25) is 0 Å². The van der Waals surface area contributed by atoms with Crippen LogP contribution in [-0.4, -0.2) is 36.7 Å². The van der Waals surface area contributed by atoms with Gasteiger partial charge in [0, 0.05) is 36.7 Å². The minimum Gasteiger partial charge on any atom is -0.257 e. The summed E-state index contributed by atoms with van der Waals surface area (Å²) in [5.74, 6) is 0. The molecule has 2 aliphatic rings. The van der Waals surface area contributed by atoms with Crippen molar-refractivity contribution < 1.29 is 0 Å². The van der Waals surface area contributed by atoms with Crippen molar-refractivity contribution >= 4 is 21.6 Å². The van der Waals surface area contributed by atoms with Gasteiger partial charge in [-0.2, -0.15) is 0 Å². The molecule has 2 saturated heterocycles. The molecule has 0 saturated carbocycles. The number of nitrogens with one attached hydrogen (secondary N) is 4. The van der Waals surface area contributed by atoms with Crippen molar-refractivity contribution in [2.24, 2.45) is 0 Å². The largest absolute Gasteiger partial charge is 0.257 e. The molecular formula is C6H14N4S2. The Balaban J connectivity index is 1.60. The fraction of sp³-hybridized carbons (Fsp3) is 1.00. The molecule has 0 aliphatic carbocycles. The molecule has 0 aromatic heterocycles. The number of hydrogen-bond acceptors (Lipinski definition) is 6. The van der Waals surface area contributed by atoms with E-state index in [2.05, 4.69) is 21.7 Å². The third-order valence-corrected chi connectivity index (χ3v) is 5.19. The van der Waals surface area contributed by atoms with Crippen molar-refractivity contribution in [3.63, 3.8) is 0 Å².